The fourth-order valence-electron chi connectivity index (χ4n) is 4.69. The lowest BCUT2D eigenvalue weighted by Gasteiger charge is -2.48. The van der Waals surface area contributed by atoms with Crippen molar-refractivity contribution in [2.24, 2.45) is 17.3 Å². The molecule has 2 heterocycles. The fourth-order valence-corrected chi connectivity index (χ4v) is 5.92. The molecule has 4 bridgehead atoms. The molecule has 5 aliphatic rings. The summed E-state index contributed by atoms with van der Waals surface area (Å²) in [7, 11) is 0. The van der Waals surface area contributed by atoms with Crippen molar-refractivity contribution in [1.29, 1.82) is 0 Å². The maximum absolute atomic E-state index is 11.6. The van der Waals surface area contributed by atoms with Crippen LogP contribution < -0.4 is 0 Å². The van der Waals surface area contributed by atoms with Crippen molar-refractivity contribution in [1.82, 2.24) is 0 Å². The van der Waals surface area contributed by atoms with E-state index in [1.165, 1.54) is 6.42 Å². The first kappa shape index (κ1) is 9.84. The smallest absolute Gasteiger partial charge is 0.155 e. The number of rotatable bonds is 0. The molecule has 0 radical (unpaired) electrons. The summed E-state index contributed by atoms with van der Waals surface area (Å²) in [5.74, 6) is 1.32. The summed E-state index contributed by atoms with van der Waals surface area (Å²) in [6.45, 7) is 2.25. The van der Waals surface area contributed by atoms with Crippen molar-refractivity contribution < 1.29 is 9.53 Å². The number of hydrogen-bond acceptors (Lipinski definition) is 2. The van der Waals surface area contributed by atoms with E-state index in [1.54, 1.807) is 0 Å². The van der Waals surface area contributed by atoms with Gasteiger partial charge in [-0.05, 0) is 31.3 Å². The van der Waals surface area contributed by atoms with Crippen LogP contribution in [-0.4, -0.2) is 22.3 Å². The highest BCUT2D eigenvalue weighted by Crippen LogP contribution is 2.69. The lowest BCUT2D eigenvalue weighted by atomic mass is 9.62. The molecule has 2 aliphatic heterocycles. The molecular formula is C13H15BrO2. The second-order valence-electron chi connectivity index (χ2n) is 6.17. The third kappa shape index (κ3) is 0.920. The van der Waals surface area contributed by atoms with Gasteiger partial charge in [0.25, 0.3) is 0 Å². The summed E-state index contributed by atoms with van der Waals surface area (Å²) in [4.78, 5) is 12.0. The van der Waals surface area contributed by atoms with Crippen LogP contribution in [0.25, 0.3) is 0 Å². The zero-order chi connectivity index (χ0) is 11.1. The highest BCUT2D eigenvalue weighted by atomic mass is 79.9. The molecule has 0 aromatic carbocycles. The van der Waals surface area contributed by atoms with Crippen molar-refractivity contribution in [3.8, 4) is 0 Å². The summed E-state index contributed by atoms with van der Waals surface area (Å²) in [5.41, 5.74) is 0.334. The van der Waals surface area contributed by atoms with Crippen LogP contribution in [0, 0.1) is 17.3 Å². The van der Waals surface area contributed by atoms with E-state index in [9.17, 15) is 4.79 Å². The van der Waals surface area contributed by atoms with Crippen molar-refractivity contribution in [3.05, 3.63) is 12.2 Å². The second-order valence-corrected chi connectivity index (χ2v) is 7.23. The lowest BCUT2D eigenvalue weighted by Crippen LogP contribution is -2.49. The van der Waals surface area contributed by atoms with E-state index in [-0.39, 0.29) is 22.9 Å². The van der Waals surface area contributed by atoms with Crippen molar-refractivity contribution in [2.75, 3.05) is 0 Å². The molecule has 16 heavy (non-hydrogen) atoms. The molecule has 4 fully saturated rings. The molecule has 6 atom stereocenters. The zero-order valence-electron chi connectivity index (χ0n) is 9.28. The van der Waals surface area contributed by atoms with Crippen LogP contribution in [0.3, 0.4) is 0 Å². The van der Waals surface area contributed by atoms with Gasteiger partial charge < -0.3 is 4.74 Å². The van der Waals surface area contributed by atoms with E-state index < -0.39 is 0 Å². The maximum atomic E-state index is 11.6. The van der Waals surface area contributed by atoms with Crippen LogP contribution in [0.2, 0.25) is 0 Å². The molecule has 5 rings (SSSR count). The first-order chi connectivity index (χ1) is 7.54. The van der Waals surface area contributed by atoms with Gasteiger partial charge in [0.1, 0.15) is 0 Å². The SMILES string of the molecule is CC12CC34C=CC(=O)CC3C(O1)[C@@H](Br)C2C4. The van der Waals surface area contributed by atoms with E-state index in [0.717, 1.165) is 6.42 Å². The van der Waals surface area contributed by atoms with Gasteiger partial charge in [-0.25, -0.2) is 0 Å². The van der Waals surface area contributed by atoms with Gasteiger partial charge in [0.05, 0.1) is 11.7 Å². The van der Waals surface area contributed by atoms with Gasteiger partial charge in [-0.3, -0.25) is 4.79 Å². The summed E-state index contributed by atoms with van der Waals surface area (Å²) in [5, 5.41) is 0. The Kier molecular flexibility index (Phi) is 1.62. The minimum absolute atomic E-state index is 0.0556. The maximum Gasteiger partial charge on any atom is 0.155 e. The predicted molar refractivity (Wildman–Crippen MR) is 63.4 cm³/mol. The summed E-state index contributed by atoms with van der Waals surface area (Å²) in [6.07, 6.45) is 7.27. The number of ether oxygens (including phenoxy) is 1. The number of halogens is 1. The molecule has 0 aromatic rings. The third-order valence-electron chi connectivity index (χ3n) is 5.33. The van der Waals surface area contributed by atoms with Crippen LogP contribution >= 0.6 is 15.9 Å². The average Bonchev–Trinajstić information content (AvgIpc) is 2.57. The minimum Gasteiger partial charge on any atom is -0.370 e. The summed E-state index contributed by atoms with van der Waals surface area (Å²) < 4.78 is 6.23. The monoisotopic (exact) mass is 282 g/mol. The molecule has 2 nitrogen and oxygen atoms in total. The Hall–Kier alpha value is -0.150. The molecule has 2 saturated heterocycles. The van der Waals surface area contributed by atoms with E-state index in [0.29, 0.717) is 23.1 Å². The molecule has 1 spiro atoms. The highest BCUT2D eigenvalue weighted by Gasteiger charge is 2.70. The second kappa shape index (κ2) is 2.64. The summed E-state index contributed by atoms with van der Waals surface area (Å²) >= 11 is 3.80. The number of ketones is 1. The Morgan fingerprint density at radius 2 is 2.31 bits per heavy atom. The van der Waals surface area contributed by atoms with Gasteiger partial charge in [0.15, 0.2) is 5.78 Å². The van der Waals surface area contributed by atoms with Gasteiger partial charge >= 0.3 is 0 Å². The number of alkyl halides is 1. The Bertz CT molecular complexity index is 418. The van der Waals surface area contributed by atoms with Crippen LogP contribution in [-0.2, 0) is 9.53 Å². The van der Waals surface area contributed by atoms with Gasteiger partial charge in [-0.2, -0.15) is 0 Å². The standard InChI is InChI=1S/C13H15BrO2/c1-12-6-13-3-2-7(15)4-8(13)11(16-12)10(14)9(12)5-13/h2-3,8-11H,4-6H2,1H3/t8?,9?,10-,11?,12?,13?/m0/s1. The molecule has 3 heteroatoms. The van der Waals surface area contributed by atoms with E-state index >= 15 is 0 Å². The lowest BCUT2D eigenvalue weighted by molar-refractivity contribution is -0.136. The Labute approximate surface area is 104 Å². The van der Waals surface area contributed by atoms with Crippen LogP contribution in [0.15, 0.2) is 12.2 Å². The molecule has 0 aromatic heterocycles. The van der Waals surface area contributed by atoms with Crippen LogP contribution in [0.4, 0.5) is 0 Å². The molecule has 2 saturated carbocycles. The van der Waals surface area contributed by atoms with Gasteiger partial charge in [-0.1, -0.05) is 22.0 Å². The first-order valence-corrected chi connectivity index (χ1v) is 7.00. The van der Waals surface area contributed by atoms with Gasteiger partial charge in [0, 0.05) is 23.1 Å². The first-order valence-electron chi connectivity index (χ1n) is 6.08. The van der Waals surface area contributed by atoms with Crippen LogP contribution in [0.5, 0.6) is 0 Å². The largest absolute Gasteiger partial charge is 0.370 e. The van der Waals surface area contributed by atoms with Gasteiger partial charge in [0.2, 0.25) is 0 Å². The summed E-state index contributed by atoms with van der Waals surface area (Å²) in [6, 6.07) is 0. The Balaban J connectivity index is 1.87. The normalized spacial score (nSPS) is 61.8. The molecule has 86 valence electrons. The minimum atomic E-state index is 0.0556. The van der Waals surface area contributed by atoms with E-state index in [2.05, 4.69) is 28.9 Å². The zero-order valence-corrected chi connectivity index (χ0v) is 10.9. The van der Waals surface area contributed by atoms with Crippen molar-refractivity contribution >= 4 is 21.7 Å². The third-order valence-corrected chi connectivity index (χ3v) is 6.48. The molecule has 5 unspecified atom stereocenters. The molecular weight excluding hydrogens is 268 g/mol. The van der Waals surface area contributed by atoms with Crippen LogP contribution in [0.1, 0.15) is 26.2 Å². The van der Waals surface area contributed by atoms with Crippen molar-refractivity contribution in [2.45, 2.75) is 42.7 Å². The van der Waals surface area contributed by atoms with Gasteiger partial charge in [-0.15, -0.1) is 0 Å². The highest BCUT2D eigenvalue weighted by molar-refractivity contribution is 9.09. The molecule has 3 aliphatic carbocycles. The average molecular weight is 283 g/mol. The number of carbonyl (C=O) groups excluding carboxylic acids is 1. The van der Waals surface area contributed by atoms with E-state index in [4.69, 9.17) is 4.74 Å². The number of carbonyl (C=O) groups is 1. The fraction of sp³-hybridized carbons (Fsp3) is 0.769. The Morgan fingerprint density at radius 1 is 1.50 bits per heavy atom. The number of hydrogen-bond donors (Lipinski definition) is 0. The molecule has 0 N–H and O–H groups in total. The Morgan fingerprint density at radius 3 is 3.06 bits per heavy atom. The topological polar surface area (TPSA) is 26.3 Å². The quantitative estimate of drug-likeness (QED) is 0.638. The van der Waals surface area contributed by atoms with Crippen molar-refractivity contribution in [3.63, 3.8) is 0 Å². The number of allylic oxidation sites excluding steroid dienone is 2. The van der Waals surface area contributed by atoms with E-state index in [1.807, 2.05) is 6.08 Å². The predicted octanol–water partition coefficient (Wildman–Crippen LogP) is 2.46. The molecule has 0 amide bonds.